The molecule has 8 heavy (non-hydrogen) atoms. The van der Waals surface area contributed by atoms with Gasteiger partial charge in [-0.3, -0.25) is 4.79 Å². The standard InChI is InChI=1S/C5H9NO2/c1-2-5-3-6(5)8-4-7/h4-5H,2-3H2,1H3. The maximum atomic E-state index is 9.65. The van der Waals surface area contributed by atoms with Gasteiger partial charge in [-0.05, 0) is 6.42 Å². The molecular weight excluding hydrogens is 106 g/mol. The van der Waals surface area contributed by atoms with Crippen LogP contribution in [0.15, 0.2) is 0 Å². The molecule has 0 aromatic heterocycles. The van der Waals surface area contributed by atoms with Gasteiger partial charge in [0.05, 0.1) is 12.6 Å². The third-order valence-corrected chi connectivity index (χ3v) is 1.31. The van der Waals surface area contributed by atoms with Crippen LogP contribution < -0.4 is 0 Å². The van der Waals surface area contributed by atoms with Gasteiger partial charge < -0.3 is 4.84 Å². The molecule has 1 fully saturated rings. The lowest BCUT2D eigenvalue weighted by Crippen LogP contribution is -1.99. The van der Waals surface area contributed by atoms with Gasteiger partial charge in [-0.2, -0.15) is 0 Å². The Kier molecular flexibility index (Phi) is 1.48. The smallest absolute Gasteiger partial charge is 0.313 e. The molecule has 0 aromatic rings. The highest BCUT2D eigenvalue weighted by molar-refractivity contribution is 5.36. The average Bonchev–Trinajstić information content (AvgIpc) is 2.48. The number of carbonyl (C=O) groups excluding carboxylic acids is 1. The maximum absolute atomic E-state index is 9.65. The van der Waals surface area contributed by atoms with E-state index < -0.39 is 0 Å². The summed E-state index contributed by atoms with van der Waals surface area (Å²) in [6, 6.07) is 0.500. The van der Waals surface area contributed by atoms with Gasteiger partial charge in [-0.1, -0.05) is 6.92 Å². The molecule has 0 amide bonds. The molecule has 2 atom stereocenters. The zero-order valence-electron chi connectivity index (χ0n) is 4.83. The Morgan fingerprint density at radius 2 is 2.75 bits per heavy atom. The Hall–Kier alpha value is -0.570. The van der Waals surface area contributed by atoms with Crippen molar-refractivity contribution in [2.75, 3.05) is 6.54 Å². The van der Waals surface area contributed by atoms with Crippen LogP contribution in [0.1, 0.15) is 13.3 Å². The van der Waals surface area contributed by atoms with Crippen molar-refractivity contribution in [2.45, 2.75) is 19.4 Å². The van der Waals surface area contributed by atoms with Gasteiger partial charge in [0.2, 0.25) is 0 Å². The van der Waals surface area contributed by atoms with Crippen molar-refractivity contribution in [2.24, 2.45) is 0 Å². The summed E-state index contributed by atoms with van der Waals surface area (Å²) in [6.07, 6.45) is 1.06. The van der Waals surface area contributed by atoms with Crippen LogP contribution in [0.2, 0.25) is 0 Å². The first-order valence-electron chi connectivity index (χ1n) is 2.75. The minimum Gasteiger partial charge on any atom is -0.370 e. The summed E-state index contributed by atoms with van der Waals surface area (Å²) in [5.41, 5.74) is 0. The lowest BCUT2D eigenvalue weighted by atomic mass is 10.4. The molecule has 46 valence electrons. The molecule has 0 N–H and O–H groups in total. The first kappa shape index (κ1) is 5.56. The van der Waals surface area contributed by atoms with E-state index in [4.69, 9.17) is 0 Å². The van der Waals surface area contributed by atoms with E-state index in [1.165, 1.54) is 0 Å². The number of rotatable bonds is 3. The van der Waals surface area contributed by atoms with Crippen molar-refractivity contribution in [3.63, 3.8) is 0 Å². The summed E-state index contributed by atoms with van der Waals surface area (Å²) in [5.74, 6) is 0. The third-order valence-electron chi connectivity index (χ3n) is 1.31. The van der Waals surface area contributed by atoms with Gasteiger partial charge in [0.25, 0.3) is 0 Å². The maximum Gasteiger partial charge on any atom is 0.313 e. The van der Waals surface area contributed by atoms with Gasteiger partial charge >= 0.3 is 6.47 Å². The number of hydroxylamine groups is 2. The van der Waals surface area contributed by atoms with E-state index >= 15 is 0 Å². The predicted molar refractivity (Wildman–Crippen MR) is 27.9 cm³/mol. The molecule has 2 unspecified atom stereocenters. The Labute approximate surface area is 48.2 Å². The summed E-state index contributed by atoms with van der Waals surface area (Å²) >= 11 is 0. The molecule has 0 aromatic carbocycles. The summed E-state index contributed by atoms with van der Waals surface area (Å²) in [6.45, 7) is 3.45. The monoisotopic (exact) mass is 115 g/mol. The van der Waals surface area contributed by atoms with Crippen LogP contribution in [0.25, 0.3) is 0 Å². The van der Waals surface area contributed by atoms with E-state index in [0.29, 0.717) is 12.5 Å². The zero-order valence-corrected chi connectivity index (χ0v) is 4.83. The van der Waals surface area contributed by atoms with Crippen molar-refractivity contribution in [3.8, 4) is 0 Å². The van der Waals surface area contributed by atoms with Crippen molar-refractivity contribution in [1.29, 1.82) is 0 Å². The number of carbonyl (C=O) groups is 1. The molecule has 0 bridgehead atoms. The Morgan fingerprint density at radius 1 is 2.00 bits per heavy atom. The molecule has 0 saturated carbocycles. The van der Waals surface area contributed by atoms with Crippen molar-refractivity contribution in [3.05, 3.63) is 0 Å². The number of hydrogen-bond donors (Lipinski definition) is 0. The lowest BCUT2D eigenvalue weighted by molar-refractivity contribution is -0.150. The SMILES string of the molecule is CCC1CN1OC=O. The van der Waals surface area contributed by atoms with Crippen LogP contribution in [0.4, 0.5) is 0 Å². The summed E-state index contributed by atoms with van der Waals surface area (Å²) in [5, 5.41) is 1.66. The van der Waals surface area contributed by atoms with E-state index in [1.807, 2.05) is 0 Å². The van der Waals surface area contributed by atoms with E-state index in [2.05, 4.69) is 11.8 Å². The highest BCUT2D eigenvalue weighted by Crippen LogP contribution is 2.18. The lowest BCUT2D eigenvalue weighted by Gasteiger charge is -1.93. The van der Waals surface area contributed by atoms with Crippen molar-refractivity contribution < 1.29 is 9.63 Å². The van der Waals surface area contributed by atoms with Crippen molar-refractivity contribution in [1.82, 2.24) is 5.06 Å². The van der Waals surface area contributed by atoms with Crippen LogP contribution in [-0.2, 0) is 9.63 Å². The predicted octanol–water partition coefficient (Wildman–Crippen LogP) is 0.169. The van der Waals surface area contributed by atoms with Crippen LogP contribution >= 0.6 is 0 Å². The average molecular weight is 115 g/mol. The minimum absolute atomic E-state index is 0.468. The molecule has 1 saturated heterocycles. The van der Waals surface area contributed by atoms with Crippen LogP contribution in [0.3, 0.4) is 0 Å². The van der Waals surface area contributed by atoms with Gasteiger partial charge in [0, 0.05) is 0 Å². The quantitative estimate of drug-likeness (QED) is 0.388. The molecule has 0 aliphatic carbocycles. The zero-order chi connectivity index (χ0) is 5.98. The fraction of sp³-hybridized carbons (Fsp3) is 0.800. The second kappa shape index (κ2) is 2.13. The minimum atomic E-state index is 0.468. The van der Waals surface area contributed by atoms with Gasteiger partial charge in [0.1, 0.15) is 0 Å². The second-order valence-electron chi connectivity index (χ2n) is 1.86. The van der Waals surface area contributed by atoms with Crippen LogP contribution in [-0.4, -0.2) is 24.1 Å². The molecule has 1 rings (SSSR count). The summed E-state index contributed by atoms with van der Waals surface area (Å²) in [4.78, 5) is 14.2. The molecule has 3 heteroatoms. The van der Waals surface area contributed by atoms with E-state index in [9.17, 15) is 4.79 Å². The molecule has 1 aliphatic rings. The molecular formula is C5H9NO2. The largest absolute Gasteiger partial charge is 0.370 e. The molecule has 0 radical (unpaired) electrons. The normalized spacial score (nSPS) is 34.1. The van der Waals surface area contributed by atoms with Crippen molar-refractivity contribution >= 4 is 6.47 Å². The van der Waals surface area contributed by atoms with Gasteiger partial charge in [0.15, 0.2) is 0 Å². The highest BCUT2D eigenvalue weighted by atomic mass is 16.7. The fourth-order valence-electron chi connectivity index (χ4n) is 0.678. The van der Waals surface area contributed by atoms with E-state index in [1.54, 1.807) is 5.06 Å². The van der Waals surface area contributed by atoms with Crippen LogP contribution in [0.5, 0.6) is 0 Å². The fourth-order valence-corrected chi connectivity index (χ4v) is 0.678. The molecule has 0 spiro atoms. The Morgan fingerprint density at radius 3 is 3.12 bits per heavy atom. The summed E-state index contributed by atoms with van der Waals surface area (Å²) in [7, 11) is 0. The number of nitrogens with zero attached hydrogens (tertiary/aromatic N) is 1. The molecule has 1 heterocycles. The Bertz CT molecular complexity index is 94.4. The topological polar surface area (TPSA) is 29.3 Å². The second-order valence-corrected chi connectivity index (χ2v) is 1.86. The van der Waals surface area contributed by atoms with Gasteiger partial charge in [-0.25, -0.2) is 0 Å². The highest BCUT2D eigenvalue weighted by Gasteiger charge is 2.34. The molecule has 3 nitrogen and oxygen atoms in total. The summed E-state index contributed by atoms with van der Waals surface area (Å²) < 4.78 is 0. The first-order chi connectivity index (χ1) is 3.88. The third kappa shape index (κ3) is 0.980. The molecule has 1 aliphatic heterocycles. The van der Waals surface area contributed by atoms with Crippen LogP contribution in [0, 0.1) is 0 Å². The Balaban J connectivity index is 2.07. The number of hydrogen-bond acceptors (Lipinski definition) is 3. The van der Waals surface area contributed by atoms with E-state index in [0.717, 1.165) is 13.0 Å². The van der Waals surface area contributed by atoms with Gasteiger partial charge in [-0.15, -0.1) is 5.06 Å². The first-order valence-corrected chi connectivity index (χ1v) is 2.75. The van der Waals surface area contributed by atoms with E-state index in [-0.39, 0.29) is 0 Å².